The fourth-order valence-corrected chi connectivity index (χ4v) is 2.98. The summed E-state index contributed by atoms with van der Waals surface area (Å²) in [5.74, 6) is 0.447. The first kappa shape index (κ1) is 16.4. The van der Waals surface area contributed by atoms with E-state index >= 15 is 0 Å². The molecule has 6 heteroatoms. The minimum absolute atomic E-state index is 0.348. The van der Waals surface area contributed by atoms with Crippen LogP contribution in [0.1, 0.15) is 57.2 Å². The molecule has 2 heterocycles. The third-order valence-corrected chi connectivity index (χ3v) is 4.43. The number of thiazole rings is 1. The zero-order valence-electron chi connectivity index (χ0n) is 13.3. The third-order valence-electron chi connectivity index (χ3n) is 3.33. The molecule has 0 radical (unpaired) electrons. The number of carbonyl (C=O) groups is 1. The van der Waals surface area contributed by atoms with Crippen LogP contribution in [-0.2, 0) is 11.2 Å². The minimum Gasteiger partial charge on any atom is -0.465 e. The molecule has 0 N–H and O–H groups in total. The summed E-state index contributed by atoms with van der Waals surface area (Å²) in [6.07, 6.45) is 6.94. The molecule has 0 aliphatic carbocycles. The minimum atomic E-state index is -0.348. The Labute approximate surface area is 134 Å². The lowest BCUT2D eigenvalue weighted by molar-refractivity contribution is 0.0605. The van der Waals surface area contributed by atoms with Crippen LogP contribution in [0.3, 0.4) is 0 Å². The Morgan fingerprint density at radius 2 is 2.14 bits per heavy atom. The molecule has 0 amide bonds. The topological polar surface area (TPSA) is 65.2 Å². The number of carbonyl (C=O) groups excluding carboxylic acids is 1. The molecule has 2 aromatic heterocycles. The van der Waals surface area contributed by atoms with Gasteiger partial charge in [-0.05, 0) is 38.8 Å². The predicted octanol–water partition coefficient (Wildman–Crippen LogP) is 4.05. The second kappa shape index (κ2) is 7.35. The molecule has 0 bridgehead atoms. The van der Waals surface area contributed by atoms with Crippen LogP contribution in [0.2, 0.25) is 0 Å². The van der Waals surface area contributed by atoms with E-state index in [2.05, 4.69) is 17.1 Å². The van der Waals surface area contributed by atoms with Gasteiger partial charge in [-0.3, -0.25) is 0 Å². The lowest BCUT2D eigenvalue weighted by Crippen LogP contribution is -1.99. The van der Waals surface area contributed by atoms with Gasteiger partial charge in [0.15, 0.2) is 0 Å². The van der Waals surface area contributed by atoms with Gasteiger partial charge < -0.3 is 9.26 Å². The number of methoxy groups -OCH3 is 1. The van der Waals surface area contributed by atoms with E-state index in [1.54, 1.807) is 6.92 Å². The molecule has 2 rings (SSSR count). The number of aromatic nitrogens is 2. The summed E-state index contributed by atoms with van der Waals surface area (Å²) >= 11 is 1.32. The monoisotopic (exact) mass is 320 g/mol. The molecule has 0 unspecified atom stereocenters. The van der Waals surface area contributed by atoms with E-state index in [-0.39, 0.29) is 5.97 Å². The van der Waals surface area contributed by atoms with E-state index < -0.39 is 0 Å². The summed E-state index contributed by atoms with van der Waals surface area (Å²) in [6, 6.07) is 0. The van der Waals surface area contributed by atoms with Crippen molar-refractivity contribution >= 4 is 29.5 Å². The van der Waals surface area contributed by atoms with E-state index in [0.29, 0.717) is 10.6 Å². The van der Waals surface area contributed by atoms with Crippen LogP contribution in [-0.4, -0.2) is 23.2 Å². The van der Waals surface area contributed by atoms with Crippen molar-refractivity contribution < 1.29 is 14.1 Å². The molecule has 0 aliphatic rings. The fraction of sp³-hybridized carbons (Fsp3) is 0.438. The number of nitrogens with zero attached hydrogens (tertiary/aromatic N) is 2. The van der Waals surface area contributed by atoms with Crippen LogP contribution in [0.4, 0.5) is 0 Å². The van der Waals surface area contributed by atoms with E-state index in [1.165, 1.54) is 18.4 Å². The standard InChI is InChI=1S/C16H20N2O3S/c1-5-6-7-13-12(11(3)21-18-13)8-9-14-17-10(2)15(22-14)16(19)20-4/h8-9H,5-7H2,1-4H3. The lowest BCUT2D eigenvalue weighted by Gasteiger charge is -1.95. The van der Waals surface area contributed by atoms with E-state index in [4.69, 9.17) is 9.26 Å². The van der Waals surface area contributed by atoms with Gasteiger partial charge in [0, 0.05) is 5.56 Å². The number of hydrogen-bond acceptors (Lipinski definition) is 6. The van der Waals surface area contributed by atoms with E-state index in [0.717, 1.165) is 41.3 Å². The van der Waals surface area contributed by atoms with Crippen molar-refractivity contribution in [2.24, 2.45) is 0 Å². The highest BCUT2D eigenvalue weighted by molar-refractivity contribution is 7.14. The summed E-state index contributed by atoms with van der Waals surface area (Å²) in [5, 5.41) is 4.88. The van der Waals surface area contributed by atoms with Crippen molar-refractivity contribution in [1.29, 1.82) is 0 Å². The number of unbranched alkanes of at least 4 members (excludes halogenated alkanes) is 1. The summed E-state index contributed by atoms with van der Waals surface area (Å²) in [6.45, 7) is 5.85. The molecule has 118 valence electrons. The Morgan fingerprint density at radius 1 is 1.36 bits per heavy atom. The second-order valence-corrected chi connectivity index (χ2v) is 6.02. The highest BCUT2D eigenvalue weighted by atomic mass is 32.1. The van der Waals surface area contributed by atoms with Crippen molar-refractivity contribution in [3.63, 3.8) is 0 Å². The van der Waals surface area contributed by atoms with Crippen LogP contribution < -0.4 is 0 Å². The smallest absolute Gasteiger partial charge is 0.349 e. The summed E-state index contributed by atoms with van der Waals surface area (Å²) < 4.78 is 10.0. The predicted molar refractivity (Wildman–Crippen MR) is 87.0 cm³/mol. The summed E-state index contributed by atoms with van der Waals surface area (Å²) in [5.41, 5.74) is 2.66. The zero-order valence-corrected chi connectivity index (χ0v) is 14.1. The molecule has 2 aromatic rings. The van der Waals surface area contributed by atoms with Crippen LogP contribution in [0.15, 0.2) is 4.52 Å². The third kappa shape index (κ3) is 3.62. The molecule has 0 spiro atoms. The molecular weight excluding hydrogens is 300 g/mol. The van der Waals surface area contributed by atoms with Gasteiger partial charge in [-0.15, -0.1) is 11.3 Å². The normalized spacial score (nSPS) is 11.3. The molecule has 0 saturated heterocycles. The van der Waals surface area contributed by atoms with Crippen LogP contribution >= 0.6 is 11.3 Å². The fourth-order valence-electron chi connectivity index (χ4n) is 2.09. The van der Waals surface area contributed by atoms with Gasteiger partial charge in [-0.2, -0.15) is 0 Å². The number of aryl methyl sites for hydroxylation is 3. The van der Waals surface area contributed by atoms with Gasteiger partial charge in [0.05, 0.1) is 18.5 Å². The molecule has 0 aliphatic heterocycles. The molecule has 22 heavy (non-hydrogen) atoms. The number of esters is 1. The van der Waals surface area contributed by atoms with E-state index in [1.807, 2.05) is 19.1 Å². The zero-order chi connectivity index (χ0) is 16.1. The van der Waals surface area contributed by atoms with Crippen LogP contribution in [0.25, 0.3) is 12.2 Å². The first-order chi connectivity index (χ1) is 10.6. The Hall–Kier alpha value is -1.95. The number of ether oxygens (including phenoxy) is 1. The van der Waals surface area contributed by atoms with E-state index in [9.17, 15) is 4.79 Å². The average molecular weight is 320 g/mol. The molecule has 5 nitrogen and oxygen atoms in total. The lowest BCUT2D eigenvalue weighted by atomic mass is 10.1. The van der Waals surface area contributed by atoms with Gasteiger partial charge in [0.25, 0.3) is 0 Å². The first-order valence-corrected chi connectivity index (χ1v) is 8.07. The van der Waals surface area contributed by atoms with Crippen LogP contribution in [0.5, 0.6) is 0 Å². The number of hydrogen-bond donors (Lipinski definition) is 0. The summed E-state index contributed by atoms with van der Waals surface area (Å²) in [7, 11) is 1.37. The molecule has 0 fully saturated rings. The van der Waals surface area contributed by atoms with Crippen molar-refractivity contribution in [3.8, 4) is 0 Å². The maximum Gasteiger partial charge on any atom is 0.349 e. The van der Waals surface area contributed by atoms with Gasteiger partial charge in [-0.1, -0.05) is 18.5 Å². The van der Waals surface area contributed by atoms with Gasteiger partial charge in [0.2, 0.25) is 0 Å². The SMILES string of the molecule is CCCCc1noc(C)c1C=Cc1nc(C)c(C(=O)OC)s1. The molecular formula is C16H20N2O3S. The highest BCUT2D eigenvalue weighted by Crippen LogP contribution is 2.23. The molecule has 0 atom stereocenters. The maximum absolute atomic E-state index is 11.6. The summed E-state index contributed by atoms with van der Waals surface area (Å²) in [4.78, 5) is 16.5. The molecule has 0 aromatic carbocycles. The average Bonchev–Trinajstić information content (AvgIpc) is 3.05. The van der Waals surface area contributed by atoms with Crippen LogP contribution in [0, 0.1) is 13.8 Å². The van der Waals surface area contributed by atoms with Crippen molar-refractivity contribution in [1.82, 2.24) is 10.1 Å². The van der Waals surface area contributed by atoms with Crippen molar-refractivity contribution in [3.05, 3.63) is 32.6 Å². The Balaban J connectivity index is 2.22. The van der Waals surface area contributed by atoms with Gasteiger partial charge >= 0.3 is 5.97 Å². The van der Waals surface area contributed by atoms with Gasteiger partial charge in [-0.25, -0.2) is 9.78 Å². The highest BCUT2D eigenvalue weighted by Gasteiger charge is 2.15. The quantitative estimate of drug-likeness (QED) is 0.751. The Morgan fingerprint density at radius 3 is 2.82 bits per heavy atom. The van der Waals surface area contributed by atoms with Crippen molar-refractivity contribution in [2.75, 3.05) is 7.11 Å². The Bertz CT molecular complexity index is 686. The largest absolute Gasteiger partial charge is 0.465 e. The first-order valence-electron chi connectivity index (χ1n) is 7.25. The number of rotatable bonds is 6. The second-order valence-electron chi connectivity index (χ2n) is 4.99. The molecule has 0 saturated carbocycles. The maximum atomic E-state index is 11.6. The van der Waals surface area contributed by atoms with Crippen molar-refractivity contribution in [2.45, 2.75) is 40.0 Å². The Kier molecular flexibility index (Phi) is 5.49. The van der Waals surface area contributed by atoms with Gasteiger partial charge in [0.1, 0.15) is 15.6 Å².